The smallest absolute Gasteiger partial charge is 0.348 e. The number of fused-ring (bicyclic) bond motifs is 1. The molecule has 0 aliphatic carbocycles. The molecule has 0 aliphatic rings. The summed E-state index contributed by atoms with van der Waals surface area (Å²) in [4.78, 5) is 23.3. The summed E-state index contributed by atoms with van der Waals surface area (Å²) in [7, 11) is 0. The second-order valence-corrected chi connectivity index (χ2v) is 6.38. The lowest BCUT2D eigenvalue weighted by Crippen LogP contribution is -2.14. The standard InChI is InChI=1S/C19H14N2O3S/c20-10-15-11-25-18(19(23)24)17(15)21-16(22)8-6-12-5-7-13-3-1-2-4-14(13)9-12/h1-5,7,9,11H,6,8H2,(H,21,22)(H,23,24). The van der Waals surface area contributed by atoms with E-state index in [1.165, 1.54) is 5.38 Å². The van der Waals surface area contributed by atoms with Crippen molar-refractivity contribution in [2.45, 2.75) is 12.8 Å². The fourth-order valence-electron chi connectivity index (χ4n) is 2.58. The molecule has 1 amide bonds. The van der Waals surface area contributed by atoms with Gasteiger partial charge in [0.15, 0.2) is 0 Å². The Morgan fingerprint density at radius 1 is 1.16 bits per heavy atom. The van der Waals surface area contributed by atoms with Gasteiger partial charge in [-0.25, -0.2) is 4.79 Å². The predicted octanol–water partition coefficient (Wildman–Crippen LogP) is 4.04. The predicted molar refractivity (Wildman–Crippen MR) is 96.9 cm³/mol. The van der Waals surface area contributed by atoms with Crippen molar-refractivity contribution in [3.05, 3.63) is 63.8 Å². The molecule has 0 atom stereocenters. The molecule has 2 N–H and O–H groups in total. The molecular weight excluding hydrogens is 336 g/mol. The minimum Gasteiger partial charge on any atom is -0.477 e. The van der Waals surface area contributed by atoms with Gasteiger partial charge in [0.05, 0.1) is 11.3 Å². The quantitative estimate of drug-likeness (QED) is 0.726. The third-order valence-corrected chi connectivity index (χ3v) is 4.79. The molecule has 1 aromatic heterocycles. The second kappa shape index (κ2) is 7.16. The molecule has 25 heavy (non-hydrogen) atoms. The number of hydrogen-bond donors (Lipinski definition) is 2. The zero-order valence-electron chi connectivity index (χ0n) is 13.2. The molecule has 0 saturated heterocycles. The SMILES string of the molecule is N#Cc1csc(C(=O)O)c1NC(=O)CCc1ccc2ccccc2c1. The lowest BCUT2D eigenvalue weighted by atomic mass is 10.0. The highest BCUT2D eigenvalue weighted by molar-refractivity contribution is 7.12. The van der Waals surface area contributed by atoms with Gasteiger partial charge in [-0.15, -0.1) is 11.3 Å². The number of carbonyl (C=O) groups is 2. The van der Waals surface area contributed by atoms with Crippen molar-refractivity contribution < 1.29 is 14.7 Å². The summed E-state index contributed by atoms with van der Waals surface area (Å²) in [6, 6.07) is 15.9. The van der Waals surface area contributed by atoms with E-state index in [0.717, 1.165) is 27.7 Å². The Labute approximate surface area is 148 Å². The molecule has 3 aromatic rings. The molecule has 6 heteroatoms. The lowest BCUT2D eigenvalue weighted by molar-refractivity contribution is -0.116. The van der Waals surface area contributed by atoms with Crippen LogP contribution in [0.1, 0.15) is 27.2 Å². The summed E-state index contributed by atoms with van der Waals surface area (Å²) >= 11 is 0.930. The highest BCUT2D eigenvalue weighted by atomic mass is 32.1. The van der Waals surface area contributed by atoms with Crippen LogP contribution in [-0.2, 0) is 11.2 Å². The van der Waals surface area contributed by atoms with Gasteiger partial charge in [0.25, 0.3) is 0 Å². The molecule has 0 saturated carbocycles. The van der Waals surface area contributed by atoms with Crippen LogP contribution in [0.3, 0.4) is 0 Å². The number of aryl methyl sites for hydroxylation is 1. The van der Waals surface area contributed by atoms with E-state index in [1.807, 2.05) is 48.5 Å². The van der Waals surface area contributed by atoms with Gasteiger partial charge in [-0.2, -0.15) is 5.26 Å². The molecule has 0 radical (unpaired) electrons. The highest BCUT2D eigenvalue weighted by Crippen LogP contribution is 2.28. The van der Waals surface area contributed by atoms with Crippen LogP contribution < -0.4 is 5.32 Å². The number of rotatable bonds is 5. The number of thiophene rings is 1. The third kappa shape index (κ3) is 3.67. The van der Waals surface area contributed by atoms with E-state index in [1.54, 1.807) is 0 Å². The molecule has 5 nitrogen and oxygen atoms in total. The third-order valence-electron chi connectivity index (χ3n) is 3.82. The van der Waals surface area contributed by atoms with Crippen LogP contribution >= 0.6 is 11.3 Å². The van der Waals surface area contributed by atoms with Gasteiger partial charge in [0.1, 0.15) is 10.9 Å². The summed E-state index contributed by atoms with van der Waals surface area (Å²) < 4.78 is 0. The average molecular weight is 350 g/mol. The Morgan fingerprint density at radius 3 is 2.64 bits per heavy atom. The van der Waals surface area contributed by atoms with Gasteiger partial charge in [0, 0.05) is 11.8 Å². The number of nitriles is 1. The Bertz CT molecular complexity index is 1000. The summed E-state index contributed by atoms with van der Waals surface area (Å²) in [5.74, 6) is -1.47. The number of nitrogens with zero attached hydrogens (tertiary/aromatic N) is 1. The molecule has 1 heterocycles. The Balaban J connectivity index is 1.70. The molecule has 0 unspecified atom stereocenters. The van der Waals surface area contributed by atoms with Crippen LogP contribution in [0.2, 0.25) is 0 Å². The molecular formula is C19H14N2O3S. The molecule has 0 aliphatic heterocycles. The van der Waals surface area contributed by atoms with Crippen molar-refractivity contribution in [1.29, 1.82) is 5.26 Å². The van der Waals surface area contributed by atoms with E-state index in [4.69, 9.17) is 10.4 Å². The highest BCUT2D eigenvalue weighted by Gasteiger charge is 2.19. The van der Waals surface area contributed by atoms with Crippen molar-refractivity contribution in [2.24, 2.45) is 0 Å². The van der Waals surface area contributed by atoms with Gasteiger partial charge in [-0.05, 0) is 22.8 Å². The summed E-state index contributed by atoms with van der Waals surface area (Å²) in [5, 5.41) is 24.4. The van der Waals surface area contributed by atoms with Crippen LogP contribution in [-0.4, -0.2) is 17.0 Å². The van der Waals surface area contributed by atoms with Crippen LogP contribution in [0.15, 0.2) is 47.8 Å². The average Bonchev–Trinajstić information content (AvgIpc) is 3.02. The number of hydrogen-bond acceptors (Lipinski definition) is 4. The van der Waals surface area contributed by atoms with E-state index in [0.29, 0.717) is 6.42 Å². The Hall–Kier alpha value is -3.17. The number of anilines is 1. The van der Waals surface area contributed by atoms with E-state index >= 15 is 0 Å². The van der Waals surface area contributed by atoms with Gasteiger partial charge in [-0.1, -0.05) is 42.5 Å². The van der Waals surface area contributed by atoms with Crippen LogP contribution in [0, 0.1) is 11.3 Å². The zero-order chi connectivity index (χ0) is 17.8. The molecule has 0 spiro atoms. The van der Waals surface area contributed by atoms with Crippen LogP contribution in [0.5, 0.6) is 0 Å². The van der Waals surface area contributed by atoms with Crippen LogP contribution in [0.25, 0.3) is 10.8 Å². The van der Waals surface area contributed by atoms with E-state index in [-0.39, 0.29) is 28.5 Å². The van der Waals surface area contributed by atoms with Gasteiger partial charge in [0.2, 0.25) is 5.91 Å². The van der Waals surface area contributed by atoms with Crippen molar-refractivity contribution in [2.75, 3.05) is 5.32 Å². The molecule has 124 valence electrons. The number of carboxylic acid groups (broad SMARTS) is 1. The first kappa shape index (κ1) is 16.7. The summed E-state index contributed by atoms with van der Waals surface area (Å²) in [6.07, 6.45) is 0.739. The minimum atomic E-state index is -1.16. The molecule has 2 aromatic carbocycles. The number of amides is 1. The van der Waals surface area contributed by atoms with Gasteiger partial charge in [-0.3, -0.25) is 4.79 Å². The maximum absolute atomic E-state index is 12.2. The van der Waals surface area contributed by atoms with Crippen molar-refractivity contribution in [3.8, 4) is 6.07 Å². The maximum Gasteiger partial charge on any atom is 0.348 e. The summed E-state index contributed by atoms with van der Waals surface area (Å²) in [5.41, 5.74) is 1.28. The molecule has 0 bridgehead atoms. The fraction of sp³-hybridized carbons (Fsp3) is 0.105. The number of carbonyl (C=O) groups excluding carboxylic acids is 1. The van der Waals surface area contributed by atoms with E-state index < -0.39 is 5.97 Å². The monoisotopic (exact) mass is 350 g/mol. The fourth-order valence-corrected chi connectivity index (χ4v) is 3.36. The number of nitrogens with one attached hydrogen (secondary N) is 1. The molecule has 0 fully saturated rings. The normalized spacial score (nSPS) is 10.4. The largest absolute Gasteiger partial charge is 0.477 e. The first-order valence-corrected chi connectivity index (χ1v) is 8.49. The molecule has 3 rings (SSSR count). The van der Waals surface area contributed by atoms with E-state index in [9.17, 15) is 9.59 Å². The van der Waals surface area contributed by atoms with Gasteiger partial charge >= 0.3 is 5.97 Å². The number of carboxylic acids is 1. The second-order valence-electron chi connectivity index (χ2n) is 5.50. The Morgan fingerprint density at radius 2 is 1.92 bits per heavy atom. The summed E-state index contributed by atoms with van der Waals surface area (Å²) in [6.45, 7) is 0. The first-order valence-electron chi connectivity index (χ1n) is 7.61. The van der Waals surface area contributed by atoms with Crippen molar-refractivity contribution >= 4 is 39.7 Å². The van der Waals surface area contributed by atoms with Crippen LogP contribution in [0.4, 0.5) is 5.69 Å². The Kier molecular flexibility index (Phi) is 4.78. The first-order chi connectivity index (χ1) is 12.1. The van der Waals surface area contributed by atoms with Crippen molar-refractivity contribution in [1.82, 2.24) is 0 Å². The van der Waals surface area contributed by atoms with Crippen molar-refractivity contribution in [3.63, 3.8) is 0 Å². The maximum atomic E-state index is 12.2. The number of aromatic carboxylic acids is 1. The van der Waals surface area contributed by atoms with Gasteiger partial charge < -0.3 is 10.4 Å². The minimum absolute atomic E-state index is 0.0318. The zero-order valence-corrected chi connectivity index (χ0v) is 14.0. The topological polar surface area (TPSA) is 90.2 Å². The number of benzene rings is 2. The lowest BCUT2D eigenvalue weighted by Gasteiger charge is -2.07. The van der Waals surface area contributed by atoms with E-state index in [2.05, 4.69) is 5.32 Å².